The number of aryl methyl sites for hydroxylation is 1. The Bertz CT molecular complexity index is 1920. The number of fused-ring (bicyclic) bond motifs is 5. The van der Waals surface area contributed by atoms with Gasteiger partial charge in [-0.3, -0.25) is 25.6 Å². The number of amides is 1. The van der Waals surface area contributed by atoms with Crippen molar-refractivity contribution in [2.45, 2.75) is 52.7 Å². The Morgan fingerprint density at radius 2 is 2.07 bits per heavy atom. The van der Waals surface area contributed by atoms with Gasteiger partial charge < -0.3 is 15.1 Å². The van der Waals surface area contributed by atoms with Crippen molar-refractivity contribution in [1.82, 2.24) is 24.9 Å². The number of carbonyl (C=O) groups excluding carboxylic acids is 1. The minimum atomic E-state index is -0.482. The zero-order chi connectivity index (χ0) is 32.2. The van der Waals surface area contributed by atoms with Crippen LogP contribution in [0, 0.1) is 12.7 Å². The van der Waals surface area contributed by atoms with Crippen LogP contribution < -0.4 is 27.2 Å². The van der Waals surface area contributed by atoms with Crippen LogP contribution in [0.25, 0.3) is 27.7 Å². The van der Waals surface area contributed by atoms with Gasteiger partial charge in [0.25, 0.3) is 0 Å². The molecule has 234 valence electrons. The molecule has 4 N–H and O–H groups in total. The van der Waals surface area contributed by atoms with Crippen molar-refractivity contribution < 1.29 is 9.18 Å². The second-order valence-corrected chi connectivity index (χ2v) is 12.3. The Kier molecular flexibility index (Phi) is 8.11. The minimum Gasteiger partial charge on any atom is -0.380 e. The van der Waals surface area contributed by atoms with Crippen LogP contribution >= 0.6 is 11.6 Å². The van der Waals surface area contributed by atoms with Gasteiger partial charge in [-0.05, 0) is 55.2 Å². The number of carbonyl (C=O) groups is 1. The van der Waals surface area contributed by atoms with Crippen molar-refractivity contribution in [3.8, 4) is 16.8 Å². The maximum Gasteiger partial charge on any atom is 0.354 e. The van der Waals surface area contributed by atoms with Crippen molar-refractivity contribution >= 4 is 39.9 Å². The molecule has 1 fully saturated rings. The van der Waals surface area contributed by atoms with Crippen LogP contribution in [-0.4, -0.2) is 51.0 Å². The molecule has 10 nitrogen and oxygen atoms in total. The molecule has 6 rings (SSSR count). The molecule has 1 saturated heterocycles. The maximum atomic E-state index is 15.8. The van der Waals surface area contributed by atoms with Gasteiger partial charge in [-0.1, -0.05) is 38.1 Å². The monoisotopic (exact) mass is 630 g/mol. The molecule has 2 aromatic carbocycles. The van der Waals surface area contributed by atoms with Crippen LogP contribution in [0.3, 0.4) is 0 Å². The summed E-state index contributed by atoms with van der Waals surface area (Å²) in [5.41, 5.74) is 7.90. The quantitative estimate of drug-likeness (QED) is 0.158. The SMILES string of the molecule is C=CC(=O)N1CCN(c2nc(=O)n(-c3c(C)ccnc3C(C)C)c3c4c(c(Cl)cc23)-c2c(F)ccc(CNN)c2NC4)[C@@H](C)C1. The Labute approximate surface area is 265 Å². The maximum absolute atomic E-state index is 15.8. The number of halogens is 2. The number of nitrogens with zero attached hydrogens (tertiary/aromatic N) is 5. The summed E-state index contributed by atoms with van der Waals surface area (Å²) in [6.45, 7) is 13.5. The molecule has 12 heteroatoms. The summed E-state index contributed by atoms with van der Waals surface area (Å²) in [6, 6.07) is 6.59. The van der Waals surface area contributed by atoms with Gasteiger partial charge in [0.1, 0.15) is 11.6 Å². The molecule has 0 bridgehead atoms. The van der Waals surface area contributed by atoms with E-state index in [2.05, 4.69) is 27.3 Å². The first-order chi connectivity index (χ1) is 21.6. The second-order valence-electron chi connectivity index (χ2n) is 11.9. The summed E-state index contributed by atoms with van der Waals surface area (Å²) in [7, 11) is 0. The number of hydrazine groups is 1. The molecule has 45 heavy (non-hydrogen) atoms. The summed E-state index contributed by atoms with van der Waals surface area (Å²) in [4.78, 5) is 39.9. The number of benzene rings is 2. The number of hydrogen-bond donors (Lipinski definition) is 3. The highest BCUT2D eigenvalue weighted by atomic mass is 35.5. The van der Waals surface area contributed by atoms with Gasteiger partial charge in [-0.2, -0.15) is 4.98 Å². The van der Waals surface area contributed by atoms with E-state index in [0.717, 1.165) is 16.8 Å². The van der Waals surface area contributed by atoms with E-state index in [0.29, 0.717) is 76.0 Å². The molecule has 4 heterocycles. The topological polar surface area (TPSA) is 121 Å². The van der Waals surface area contributed by atoms with Crippen LogP contribution in [0.1, 0.15) is 49.1 Å². The predicted molar refractivity (Wildman–Crippen MR) is 176 cm³/mol. The highest BCUT2D eigenvalue weighted by Crippen LogP contribution is 2.47. The van der Waals surface area contributed by atoms with Crippen molar-refractivity contribution in [2.24, 2.45) is 5.84 Å². The van der Waals surface area contributed by atoms with Crippen LogP contribution in [-0.2, 0) is 17.9 Å². The third-order valence-electron chi connectivity index (χ3n) is 8.75. The highest BCUT2D eigenvalue weighted by Gasteiger charge is 2.33. The summed E-state index contributed by atoms with van der Waals surface area (Å²) in [6.07, 6.45) is 3.05. The number of piperazine rings is 1. The van der Waals surface area contributed by atoms with E-state index in [-0.39, 0.29) is 24.4 Å². The van der Waals surface area contributed by atoms with Crippen LogP contribution in [0.2, 0.25) is 5.02 Å². The van der Waals surface area contributed by atoms with E-state index in [1.54, 1.807) is 27.8 Å². The van der Waals surface area contributed by atoms with E-state index in [1.165, 1.54) is 12.1 Å². The Morgan fingerprint density at radius 1 is 1.29 bits per heavy atom. The fraction of sp³-hybridized carbons (Fsp3) is 0.333. The molecule has 2 aromatic heterocycles. The zero-order valence-corrected chi connectivity index (χ0v) is 26.5. The lowest BCUT2D eigenvalue weighted by molar-refractivity contribution is -0.126. The van der Waals surface area contributed by atoms with E-state index < -0.39 is 11.5 Å². The van der Waals surface area contributed by atoms with Gasteiger partial charge in [0.15, 0.2) is 0 Å². The molecular formula is C33H36ClFN8O2. The van der Waals surface area contributed by atoms with E-state index >= 15 is 4.39 Å². The van der Waals surface area contributed by atoms with Gasteiger partial charge in [-0.25, -0.2) is 9.18 Å². The molecule has 0 unspecified atom stereocenters. The zero-order valence-electron chi connectivity index (χ0n) is 25.7. The van der Waals surface area contributed by atoms with E-state index in [9.17, 15) is 9.59 Å². The van der Waals surface area contributed by atoms with Gasteiger partial charge in [0.05, 0.1) is 16.9 Å². The average Bonchev–Trinajstić information content (AvgIpc) is 3.02. The summed E-state index contributed by atoms with van der Waals surface area (Å²) < 4.78 is 17.4. The largest absolute Gasteiger partial charge is 0.380 e. The Hall–Kier alpha value is -4.32. The molecule has 0 radical (unpaired) electrons. The minimum absolute atomic E-state index is 0.00256. The Balaban J connectivity index is 1.70. The molecule has 2 aliphatic heterocycles. The summed E-state index contributed by atoms with van der Waals surface area (Å²) in [5.74, 6) is 5.52. The van der Waals surface area contributed by atoms with Crippen LogP contribution in [0.5, 0.6) is 0 Å². The van der Waals surface area contributed by atoms with Crippen molar-refractivity contribution in [2.75, 3.05) is 29.9 Å². The van der Waals surface area contributed by atoms with Crippen LogP contribution in [0.15, 0.2) is 47.9 Å². The molecule has 1 amide bonds. The normalized spacial score (nSPS) is 16.0. The number of nitrogens with two attached hydrogens (primary N) is 1. The standard InChI is InChI=1S/C33H36ClFN8O2/c1-6-25(44)41-11-12-42(19(5)16-41)32-21-13-23(34)26-22(15-38-29-20(14-39-36)7-8-24(35)27(26)29)31(21)43(33(45)40-32)30-18(4)9-10-37-28(30)17(2)3/h6-10,13,17,19,38-39H,1,11-12,14-16,36H2,2-5H3/t19-/m0/s1. The number of hydrogen-bond acceptors (Lipinski definition) is 8. The molecule has 4 aromatic rings. The van der Waals surface area contributed by atoms with Gasteiger partial charge in [0, 0.05) is 77.7 Å². The lowest BCUT2D eigenvalue weighted by atomic mass is 9.89. The number of nitrogens with one attached hydrogen (secondary N) is 2. The first-order valence-electron chi connectivity index (χ1n) is 15.0. The first-order valence-corrected chi connectivity index (χ1v) is 15.4. The van der Waals surface area contributed by atoms with E-state index in [1.807, 2.05) is 38.7 Å². The lowest BCUT2D eigenvalue weighted by Crippen LogP contribution is -2.54. The van der Waals surface area contributed by atoms with Gasteiger partial charge in [-0.15, -0.1) is 0 Å². The number of pyridine rings is 1. The molecule has 0 spiro atoms. The van der Waals surface area contributed by atoms with Crippen LogP contribution in [0.4, 0.5) is 15.9 Å². The smallest absolute Gasteiger partial charge is 0.354 e. The van der Waals surface area contributed by atoms with Gasteiger partial charge >= 0.3 is 5.69 Å². The first kappa shape index (κ1) is 30.7. The van der Waals surface area contributed by atoms with Crippen molar-refractivity contribution in [3.05, 3.63) is 86.8 Å². The summed E-state index contributed by atoms with van der Waals surface area (Å²) >= 11 is 7.09. The molecule has 1 atom stereocenters. The highest BCUT2D eigenvalue weighted by molar-refractivity contribution is 6.35. The number of rotatable bonds is 6. The summed E-state index contributed by atoms with van der Waals surface area (Å²) in [5, 5.41) is 4.39. The number of anilines is 2. The predicted octanol–water partition coefficient (Wildman–Crippen LogP) is 4.78. The molecule has 0 saturated carbocycles. The Morgan fingerprint density at radius 3 is 2.76 bits per heavy atom. The fourth-order valence-corrected chi connectivity index (χ4v) is 6.99. The third kappa shape index (κ3) is 5.04. The second kappa shape index (κ2) is 11.9. The molecule has 2 aliphatic rings. The van der Waals surface area contributed by atoms with Crippen molar-refractivity contribution in [3.63, 3.8) is 0 Å². The molecular weight excluding hydrogens is 595 g/mol. The van der Waals surface area contributed by atoms with Crippen molar-refractivity contribution in [1.29, 1.82) is 0 Å². The number of aromatic nitrogens is 3. The third-order valence-corrected chi connectivity index (χ3v) is 9.04. The molecule has 0 aliphatic carbocycles. The van der Waals surface area contributed by atoms with E-state index in [4.69, 9.17) is 17.4 Å². The fourth-order valence-electron chi connectivity index (χ4n) is 6.67. The van der Waals surface area contributed by atoms with Gasteiger partial charge in [0.2, 0.25) is 5.91 Å². The lowest BCUT2D eigenvalue weighted by Gasteiger charge is -2.41. The average molecular weight is 631 g/mol.